The van der Waals surface area contributed by atoms with Crippen molar-refractivity contribution >= 4 is 11.9 Å². The predicted molar refractivity (Wildman–Crippen MR) is 128 cm³/mol. The van der Waals surface area contributed by atoms with Crippen molar-refractivity contribution in [3.8, 4) is 17.7 Å². The summed E-state index contributed by atoms with van der Waals surface area (Å²) in [6, 6.07) is 7.18. The molecular weight excluding hydrogens is 508 g/mol. The van der Waals surface area contributed by atoms with Crippen LogP contribution in [0.4, 0.5) is 28.2 Å². The summed E-state index contributed by atoms with van der Waals surface area (Å²) in [7, 11) is 0. The van der Waals surface area contributed by atoms with Crippen LogP contribution in [0.1, 0.15) is 44.7 Å². The topological polar surface area (TPSA) is 87.9 Å². The summed E-state index contributed by atoms with van der Waals surface area (Å²) in [5, 5.41) is 9.49. The Hall–Kier alpha value is -3.59. The summed E-state index contributed by atoms with van der Waals surface area (Å²) >= 11 is 0. The van der Waals surface area contributed by atoms with Crippen molar-refractivity contribution in [2.24, 2.45) is 0 Å². The second kappa shape index (κ2) is 10.3. The van der Waals surface area contributed by atoms with Gasteiger partial charge in [0.2, 0.25) is 5.88 Å². The van der Waals surface area contributed by atoms with Crippen molar-refractivity contribution in [2.75, 3.05) is 37.7 Å². The summed E-state index contributed by atoms with van der Waals surface area (Å²) in [4.78, 5) is 20.0. The minimum Gasteiger partial charge on any atom is -0.444 e. The third-order valence-corrected chi connectivity index (χ3v) is 6.30. The first kappa shape index (κ1) is 27.4. The number of hydrogen-bond donors (Lipinski definition) is 0. The number of nitriles is 1. The number of halogens is 4. The summed E-state index contributed by atoms with van der Waals surface area (Å²) in [6.07, 6.45) is -4.43. The molecule has 12 heteroatoms. The number of rotatable bonds is 3. The summed E-state index contributed by atoms with van der Waals surface area (Å²) < 4.78 is 72.3. The lowest BCUT2D eigenvalue weighted by molar-refractivity contribution is -0.138. The number of amides is 1. The first-order valence-corrected chi connectivity index (χ1v) is 12.1. The standard InChI is InChI=1S/C26H28F4N4O4/c1-24(2,3)38-23(35)34-11-12-36-25(16-34)7-9-33(10-8-25)21-14-20(26(28,29)30)19(15-31)22(32-21)37-18-6-4-5-17(27)13-18/h4-6,13-14H,7-12,16H2,1-3H3. The highest BCUT2D eigenvalue weighted by Gasteiger charge is 2.43. The number of ether oxygens (including phenoxy) is 3. The summed E-state index contributed by atoms with van der Waals surface area (Å²) in [6.45, 7) is 6.93. The van der Waals surface area contributed by atoms with Crippen LogP contribution in [-0.4, -0.2) is 60.0 Å². The van der Waals surface area contributed by atoms with Gasteiger partial charge >= 0.3 is 12.3 Å². The Labute approximate surface area is 217 Å². The van der Waals surface area contributed by atoms with Gasteiger partial charge < -0.3 is 24.0 Å². The lowest BCUT2D eigenvalue weighted by Crippen LogP contribution is -2.58. The van der Waals surface area contributed by atoms with Crippen LogP contribution in [0.25, 0.3) is 0 Å². The molecule has 0 aliphatic carbocycles. The SMILES string of the molecule is CC(C)(C)OC(=O)N1CCOC2(CCN(c3cc(C(F)(F)F)c(C#N)c(Oc4cccc(F)c4)n3)CC2)C1. The van der Waals surface area contributed by atoms with Gasteiger partial charge in [0, 0.05) is 25.7 Å². The van der Waals surface area contributed by atoms with Gasteiger partial charge in [0.1, 0.15) is 34.6 Å². The van der Waals surface area contributed by atoms with Gasteiger partial charge in [-0.25, -0.2) is 9.18 Å². The Bertz CT molecular complexity index is 1230. The minimum atomic E-state index is -4.85. The van der Waals surface area contributed by atoms with Crippen molar-refractivity contribution < 1.29 is 36.6 Å². The monoisotopic (exact) mass is 536 g/mol. The van der Waals surface area contributed by atoms with Crippen molar-refractivity contribution in [3.05, 3.63) is 47.3 Å². The number of morpholine rings is 1. The number of carbonyl (C=O) groups is 1. The molecule has 0 radical (unpaired) electrons. The summed E-state index contributed by atoms with van der Waals surface area (Å²) in [5.74, 6) is -1.33. The number of hydrogen-bond acceptors (Lipinski definition) is 7. The fourth-order valence-corrected chi connectivity index (χ4v) is 4.49. The maximum Gasteiger partial charge on any atom is 0.418 e. The van der Waals surface area contributed by atoms with E-state index in [0.29, 0.717) is 32.5 Å². The third kappa shape index (κ3) is 6.27. The molecule has 1 spiro atoms. The first-order chi connectivity index (χ1) is 17.8. The zero-order chi connectivity index (χ0) is 27.7. The minimum absolute atomic E-state index is 0.0302. The molecule has 1 aromatic carbocycles. The van der Waals surface area contributed by atoms with Gasteiger partial charge in [0.25, 0.3) is 0 Å². The van der Waals surface area contributed by atoms with Gasteiger partial charge in [-0.2, -0.15) is 23.4 Å². The Morgan fingerprint density at radius 3 is 2.47 bits per heavy atom. The maximum absolute atomic E-state index is 13.9. The second-order valence-corrected chi connectivity index (χ2v) is 10.3. The Kier molecular flexibility index (Phi) is 7.43. The van der Waals surface area contributed by atoms with Crippen LogP contribution in [0.5, 0.6) is 11.6 Å². The number of pyridine rings is 1. The molecule has 2 fully saturated rings. The molecule has 38 heavy (non-hydrogen) atoms. The van der Waals surface area contributed by atoms with E-state index in [9.17, 15) is 27.6 Å². The van der Waals surface area contributed by atoms with Crippen LogP contribution in [0.2, 0.25) is 0 Å². The van der Waals surface area contributed by atoms with Gasteiger partial charge in [-0.3, -0.25) is 0 Å². The van der Waals surface area contributed by atoms with Gasteiger partial charge in [-0.05, 0) is 51.8 Å². The van der Waals surface area contributed by atoms with Crippen molar-refractivity contribution in [3.63, 3.8) is 0 Å². The maximum atomic E-state index is 13.9. The molecule has 204 valence electrons. The molecule has 1 amide bonds. The van der Waals surface area contributed by atoms with Crippen molar-refractivity contribution in [2.45, 2.75) is 51.0 Å². The van der Waals surface area contributed by atoms with E-state index in [4.69, 9.17) is 14.2 Å². The first-order valence-electron chi connectivity index (χ1n) is 12.1. The number of aromatic nitrogens is 1. The molecule has 0 atom stereocenters. The highest BCUT2D eigenvalue weighted by Crippen LogP contribution is 2.40. The van der Waals surface area contributed by atoms with Gasteiger partial charge in [-0.15, -0.1) is 0 Å². The molecule has 0 unspecified atom stereocenters. The van der Waals surface area contributed by atoms with E-state index in [1.165, 1.54) is 18.2 Å². The number of alkyl halides is 3. The average Bonchev–Trinajstić information content (AvgIpc) is 2.82. The lowest BCUT2D eigenvalue weighted by atomic mass is 9.89. The molecule has 1 aromatic heterocycles. The van der Waals surface area contributed by atoms with Crippen LogP contribution in [0.3, 0.4) is 0 Å². The van der Waals surface area contributed by atoms with Crippen molar-refractivity contribution in [1.82, 2.24) is 9.88 Å². The number of anilines is 1. The molecule has 0 N–H and O–H groups in total. The van der Waals surface area contributed by atoms with Crippen molar-refractivity contribution in [1.29, 1.82) is 5.26 Å². The fourth-order valence-electron chi connectivity index (χ4n) is 4.49. The van der Waals surface area contributed by atoms with Gasteiger partial charge in [0.15, 0.2) is 0 Å². The van der Waals surface area contributed by atoms with E-state index < -0.39 is 46.3 Å². The van der Waals surface area contributed by atoms with Crippen LogP contribution < -0.4 is 9.64 Å². The van der Waals surface area contributed by atoms with Crippen LogP contribution in [0.15, 0.2) is 30.3 Å². The van der Waals surface area contributed by atoms with Gasteiger partial charge in [-0.1, -0.05) is 6.07 Å². The van der Waals surface area contributed by atoms with E-state index in [1.54, 1.807) is 30.6 Å². The van der Waals surface area contributed by atoms with Gasteiger partial charge in [0.05, 0.1) is 24.3 Å². The molecule has 8 nitrogen and oxygen atoms in total. The Morgan fingerprint density at radius 2 is 1.87 bits per heavy atom. The molecule has 3 heterocycles. The molecule has 0 saturated carbocycles. The largest absolute Gasteiger partial charge is 0.444 e. The lowest BCUT2D eigenvalue weighted by Gasteiger charge is -2.47. The number of nitrogens with zero attached hydrogens (tertiary/aromatic N) is 4. The molecule has 2 aliphatic heterocycles. The van der Waals surface area contributed by atoms with E-state index in [-0.39, 0.29) is 24.7 Å². The molecule has 0 bridgehead atoms. The van der Waals surface area contributed by atoms with E-state index >= 15 is 0 Å². The molecule has 2 aromatic rings. The van der Waals surface area contributed by atoms with Crippen LogP contribution >= 0.6 is 0 Å². The molecular formula is C26H28F4N4O4. The molecule has 2 saturated heterocycles. The normalized spacial score (nSPS) is 17.7. The highest BCUT2D eigenvalue weighted by molar-refractivity contribution is 5.68. The van der Waals surface area contributed by atoms with Crippen LogP contribution in [-0.2, 0) is 15.7 Å². The highest BCUT2D eigenvalue weighted by atomic mass is 19.4. The number of benzene rings is 1. The quantitative estimate of drug-likeness (QED) is 0.478. The van der Waals surface area contributed by atoms with E-state index in [2.05, 4.69) is 4.98 Å². The Morgan fingerprint density at radius 1 is 1.16 bits per heavy atom. The second-order valence-electron chi connectivity index (χ2n) is 10.3. The smallest absolute Gasteiger partial charge is 0.418 e. The Balaban J connectivity index is 1.56. The summed E-state index contributed by atoms with van der Waals surface area (Å²) in [5.41, 5.74) is -3.29. The fraction of sp³-hybridized carbons (Fsp3) is 0.500. The molecule has 4 rings (SSSR count). The molecule has 2 aliphatic rings. The average molecular weight is 537 g/mol. The predicted octanol–water partition coefficient (Wildman–Crippen LogP) is 5.51. The zero-order valence-corrected chi connectivity index (χ0v) is 21.3. The van der Waals surface area contributed by atoms with E-state index in [1.807, 2.05) is 0 Å². The van der Waals surface area contributed by atoms with Crippen LogP contribution in [0, 0.1) is 17.1 Å². The zero-order valence-electron chi connectivity index (χ0n) is 21.3. The number of carbonyl (C=O) groups excluding carboxylic acids is 1. The number of piperidine rings is 1. The third-order valence-electron chi connectivity index (χ3n) is 6.30. The van der Waals surface area contributed by atoms with E-state index in [0.717, 1.165) is 18.2 Å².